The zero-order valence-electron chi connectivity index (χ0n) is 12.8. The fraction of sp³-hybridized carbons (Fsp3) is 0.933. The fourth-order valence-corrected chi connectivity index (χ4v) is 1.76. The minimum Gasteiger partial charge on any atom is -0.464 e. The SMILES string of the molecule is CCCCCCC(C)(CC)COC(=O)C(C)(C)N. The molecule has 0 aliphatic heterocycles. The van der Waals surface area contributed by atoms with Gasteiger partial charge in [0.15, 0.2) is 0 Å². The fourth-order valence-electron chi connectivity index (χ4n) is 1.76. The van der Waals surface area contributed by atoms with Crippen LogP contribution in [0, 0.1) is 5.41 Å². The second-order valence-corrected chi connectivity index (χ2v) is 6.27. The molecule has 0 saturated heterocycles. The van der Waals surface area contributed by atoms with Crippen LogP contribution >= 0.6 is 0 Å². The highest BCUT2D eigenvalue weighted by molar-refractivity contribution is 5.79. The molecule has 1 unspecified atom stereocenters. The van der Waals surface area contributed by atoms with Crippen molar-refractivity contribution in [3.05, 3.63) is 0 Å². The number of esters is 1. The van der Waals surface area contributed by atoms with Crippen LogP contribution in [-0.2, 0) is 9.53 Å². The Bertz CT molecular complexity index is 245. The van der Waals surface area contributed by atoms with E-state index in [2.05, 4.69) is 20.8 Å². The predicted octanol–water partition coefficient (Wildman–Crippen LogP) is 3.65. The first-order chi connectivity index (χ1) is 8.25. The van der Waals surface area contributed by atoms with Crippen molar-refractivity contribution in [2.45, 2.75) is 78.7 Å². The lowest BCUT2D eigenvalue weighted by Gasteiger charge is -2.29. The van der Waals surface area contributed by atoms with Gasteiger partial charge in [0.05, 0.1) is 6.61 Å². The Morgan fingerprint density at radius 2 is 1.72 bits per heavy atom. The zero-order valence-corrected chi connectivity index (χ0v) is 12.8. The van der Waals surface area contributed by atoms with Crippen LogP contribution in [0.3, 0.4) is 0 Å². The van der Waals surface area contributed by atoms with Gasteiger partial charge in [-0.05, 0) is 26.7 Å². The third-order valence-corrected chi connectivity index (χ3v) is 3.57. The number of rotatable bonds is 9. The molecule has 108 valence electrons. The minimum atomic E-state index is -0.892. The summed E-state index contributed by atoms with van der Waals surface area (Å²) in [6.07, 6.45) is 7.15. The van der Waals surface area contributed by atoms with Gasteiger partial charge in [0, 0.05) is 5.41 Å². The zero-order chi connectivity index (χ0) is 14.2. The third-order valence-electron chi connectivity index (χ3n) is 3.57. The lowest BCUT2D eigenvalue weighted by Crippen LogP contribution is -2.44. The number of carbonyl (C=O) groups excluding carboxylic acids is 1. The molecule has 0 saturated carbocycles. The van der Waals surface area contributed by atoms with Crippen molar-refractivity contribution in [2.24, 2.45) is 11.1 Å². The normalized spacial score (nSPS) is 15.2. The molecule has 0 amide bonds. The highest BCUT2D eigenvalue weighted by Crippen LogP contribution is 2.29. The molecule has 1 atom stereocenters. The van der Waals surface area contributed by atoms with E-state index >= 15 is 0 Å². The van der Waals surface area contributed by atoms with Gasteiger partial charge < -0.3 is 10.5 Å². The van der Waals surface area contributed by atoms with Gasteiger partial charge in [0.25, 0.3) is 0 Å². The predicted molar refractivity (Wildman–Crippen MR) is 76.4 cm³/mol. The molecule has 0 bridgehead atoms. The second kappa shape index (κ2) is 7.78. The lowest BCUT2D eigenvalue weighted by atomic mass is 9.83. The minimum absolute atomic E-state index is 0.0919. The molecule has 3 nitrogen and oxygen atoms in total. The molecule has 0 aromatic carbocycles. The van der Waals surface area contributed by atoms with Gasteiger partial charge in [-0.2, -0.15) is 0 Å². The van der Waals surface area contributed by atoms with Gasteiger partial charge in [-0.3, -0.25) is 4.79 Å². The lowest BCUT2D eigenvalue weighted by molar-refractivity contribution is -0.152. The first-order valence-electron chi connectivity index (χ1n) is 7.21. The molecule has 2 N–H and O–H groups in total. The maximum atomic E-state index is 11.7. The van der Waals surface area contributed by atoms with Crippen LogP contribution < -0.4 is 5.73 Å². The Morgan fingerprint density at radius 3 is 2.17 bits per heavy atom. The molecule has 0 aliphatic carbocycles. The number of hydrogen-bond donors (Lipinski definition) is 1. The van der Waals surface area contributed by atoms with Crippen molar-refractivity contribution in [2.75, 3.05) is 6.61 Å². The molecule has 0 rings (SSSR count). The highest BCUT2D eigenvalue weighted by Gasteiger charge is 2.28. The largest absolute Gasteiger partial charge is 0.464 e. The molecule has 0 spiro atoms. The van der Waals surface area contributed by atoms with Crippen LogP contribution in [0.5, 0.6) is 0 Å². The monoisotopic (exact) mass is 257 g/mol. The summed E-state index contributed by atoms with van der Waals surface area (Å²) in [5.74, 6) is -0.310. The van der Waals surface area contributed by atoms with Crippen LogP contribution in [0.2, 0.25) is 0 Å². The molecule has 0 radical (unpaired) electrons. The molecule has 18 heavy (non-hydrogen) atoms. The van der Waals surface area contributed by atoms with E-state index in [4.69, 9.17) is 10.5 Å². The molecule has 0 heterocycles. The molecule has 0 aromatic rings. The first kappa shape index (κ1) is 17.4. The van der Waals surface area contributed by atoms with E-state index in [-0.39, 0.29) is 11.4 Å². The van der Waals surface area contributed by atoms with Gasteiger partial charge in [0.1, 0.15) is 5.54 Å². The van der Waals surface area contributed by atoms with E-state index < -0.39 is 5.54 Å². The van der Waals surface area contributed by atoms with Gasteiger partial charge in [-0.15, -0.1) is 0 Å². The summed E-state index contributed by atoms with van der Waals surface area (Å²) in [4.78, 5) is 11.7. The van der Waals surface area contributed by atoms with E-state index in [9.17, 15) is 4.79 Å². The first-order valence-corrected chi connectivity index (χ1v) is 7.21. The summed E-state index contributed by atoms with van der Waals surface area (Å²) in [5.41, 5.74) is 4.91. The number of unbranched alkanes of at least 4 members (excludes halogenated alkanes) is 3. The Balaban J connectivity index is 4.11. The summed E-state index contributed by atoms with van der Waals surface area (Å²) in [5, 5.41) is 0. The van der Waals surface area contributed by atoms with Gasteiger partial charge in [-0.1, -0.05) is 46.5 Å². The van der Waals surface area contributed by atoms with Crippen molar-refractivity contribution in [3.8, 4) is 0 Å². The van der Waals surface area contributed by atoms with Crippen molar-refractivity contribution >= 4 is 5.97 Å². The van der Waals surface area contributed by atoms with Crippen LogP contribution in [0.1, 0.15) is 73.1 Å². The van der Waals surface area contributed by atoms with E-state index in [0.717, 1.165) is 12.8 Å². The average molecular weight is 257 g/mol. The van der Waals surface area contributed by atoms with Gasteiger partial charge >= 0.3 is 5.97 Å². The topological polar surface area (TPSA) is 52.3 Å². The summed E-state index contributed by atoms with van der Waals surface area (Å²) < 4.78 is 5.36. The summed E-state index contributed by atoms with van der Waals surface area (Å²) in [6.45, 7) is 10.4. The maximum absolute atomic E-state index is 11.7. The molecular formula is C15H31NO2. The molecular weight excluding hydrogens is 226 g/mol. The average Bonchev–Trinajstić information content (AvgIpc) is 2.30. The van der Waals surface area contributed by atoms with Crippen LogP contribution in [0.4, 0.5) is 0 Å². The Labute approximate surface area is 112 Å². The second-order valence-electron chi connectivity index (χ2n) is 6.27. The summed E-state index contributed by atoms with van der Waals surface area (Å²) in [6, 6.07) is 0. The van der Waals surface area contributed by atoms with Gasteiger partial charge in [-0.25, -0.2) is 0 Å². The number of nitrogens with two attached hydrogens (primary N) is 1. The Morgan fingerprint density at radius 1 is 1.11 bits per heavy atom. The standard InChI is InChI=1S/C15H31NO2/c1-6-8-9-10-11-15(5,7-2)12-18-13(17)14(3,4)16/h6-12,16H2,1-5H3. The van der Waals surface area contributed by atoms with Crippen molar-refractivity contribution in [1.82, 2.24) is 0 Å². The smallest absolute Gasteiger partial charge is 0.325 e. The quantitative estimate of drug-likeness (QED) is 0.506. The van der Waals surface area contributed by atoms with E-state index in [1.807, 2.05) is 0 Å². The number of ether oxygens (including phenoxy) is 1. The summed E-state index contributed by atoms with van der Waals surface area (Å²) >= 11 is 0. The molecule has 3 heteroatoms. The van der Waals surface area contributed by atoms with Crippen LogP contribution in [-0.4, -0.2) is 18.1 Å². The van der Waals surface area contributed by atoms with Crippen molar-refractivity contribution in [3.63, 3.8) is 0 Å². The Kier molecular flexibility index (Phi) is 7.53. The van der Waals surface area contributed by atoms with Gasteiger partial charge in [0.2, 0.25) is 0 Å². The number of hydrogen-bond acceptors (Lipinski definition) is 3. The molecule has 0 aromatic heterocycles. The van der Waals surface area contributed by atoms with Crippen molar-refractivity contribution < 1.29 is 9.53 Å². The van der Waals surface area contributed by atoms with Crippen LogP contribution in [0.25, 0.3) is 0 Å². The highest BCUT2D eigenvalue weighted by atomic mass is 16.5. The molecule has 0 fully saturated rings. The van der Waals surface area contributed by atoms with E-state index in [1.54, 1.807) is 13.8 Å². The van der Waals surface area contributed by atoms with Crippen molar-refractivity contribution in [1.29, 1.82) is 0 Å². The molecule has 0 aliphatic rings. The van der Waals surface area contributed by atoms with E-state index in [1.165, 1.54) is 25.7 Å². The van der Waals surface area contributed by atoms with E-state index in [0.29, 0.717) is 6.61 Å². The number of carbonyl (C=O) groups is 1. The maximum Gasteiger partial charge on any atom is 0.325 e. The third kappa shape index (κ3) is 7.00. The van der Waals surface area contributed by atoms with Crippen LogP contribution in [0.15, 0.2) is 0 Å². The summed E-state index contributed by atoms with van der Waals surface area (Å²) in [7, 11) is 0. The Hall–Kier alpha value is -0.570.